The summed E-state index contributed by atoms with van der Waals surface area (Å²) in [6.45, 7) is 11.2. The summed E-state index contributed by atoms with van der Waals surface area (Å²) in [4.78, 5) is 0. The quantitative estimate of drug-likeness (QED) is 0.749. The highest BCUT2D eigenvalue weighted by atomic mass is 14.7. The van der Waals surface area contributed by atoms with Crippen molar-refractivity contribution in [2.45, 2.75) is 72.8 Å². The Bertz CT molecular complexity index is 366. The maximum Gasteiger partial charge on any atom is 0.0328 e. The first-order chi connectivity index (χ1) is 9.12. The summed E-state index contributed by atoms with van der Waals surface area (Å²) in [5, 5.41) is 0. The van der Waals surface area contributed by atoms with Crippen molar-refractivity contribution in [2.24, 2.45) is 11.7 Å². The van der Waals surface area contributed by atoms with Crippen LogP contribution >= 0.6 is 0 Å². The van der Waals surface area contributed by atoms with E-state index in [0.29, 0.717) is 5.92 Å². The molecule has 0 saturated carbocycles. The Hall–Kier alpha value is -0.820. The fourth-order valence-electron chi connectivity index (χ4n) is 3.10. The maximum atomic E-state index is 6.60. The Kier molecular flexibility index (Phi) is 6.57. The highest BCUT2D eigenvalue weighted by molar-refractivity contribution is 5.42. The van der Waals surface area contributed by atoms with Crippen LogP contribution in [0.2, 0.25) is 0 Å². The molecule has 1 atom stereocenters. The van der Waals surface area contributed by atoms with E-state index in [1.54, 1.807) is 0 Å². The Morgan fingerprint density at radius 2 is 1.32 bits per heavy atom. The van der Waals surface area contributed by atoms with Gasteiger partial charge in [-0.05, 0) is 47.4 Å². The molecule has 108 valence electrons. The third-order valence-electron chi connectivity index (χ3n) is 4.47. The zero-order valence-electron chi connectivity index (χ0n) is 13.4. The van der Waals surface area contributed by atoms with Crippen molar-refractivity contribution in [3.63, 3.8) is 0 Å². The smallest absolute Gasteiger partial charge is 0.0328 e. The monoisotopic (exact) mass is 261 g/mol. The van der Waals surface area contributed by atoms with Gasteiger partial charge in [0.25, 0.3) is 0 Å². The molecule has 0 saturated heterocycles. The Morgan fingerprint density at radius 1 is 0.842 bits per heavy atom. The van der Waals surface area contributed by atoms with E-state index in [0.717, 1.165) is 19.3 Å². The summed E-state index contributed by atoms with van der Waals surface area (Å²) in [7, 11) is 0. The van der Waals surface area contributed by atoms with Crippen molar-refractivity contribution in [1.29, 1.82) is 0 Å². The van der Waals surface area contributed by atoms with Gasteiger partial charge in [-0.3, -0.25) is 0 Å². The minimum atomic E-state index is 0.200. The van der Waals surface area contributed by atoms with Crippen molar-refractivity contribution in [2.75, 3.05) is 0 Å². The molecule has 1 nitrogen and oxygen atoms in total. The third kappa shape index (κ3) is 3.60. The predicted molar refractivity (Wildman–Crippen MR) is 85.6 cm³/mol. The topological polar surface area (TPSA) is 26.0 Å². The van der Waals surface area contributed by atoms with Crippen molar-refractivity contribution < 1.29 is 0 Å². The van der Waals surface area contributed by atoms with Crippen LogP contribution in [0.3, 0.4) is 0 Å². The van der Waals surface area contributed by atoms with Crippen LogP contribution in [0.5, 0.6) is 0 Å². The first-order valence-corrected chi connectivity index (χ1v) is 8.02. The van der Waals surface area contributed by atoms with Gasteiger partial charge in [0.1, 0.15) is 0 Å². The average molecular weight is 261 g/mol. The van der Waals surface area contributed by atoms with Gasteiger partial charge in [0.2, 0.25) is 0 Å². The molecule has 1 aromatic carbocycles. The zero-order chi connectivity index (χ0) is 14.4. The van der Waals surface area contributed by atoms with Gasteiger partial charge in [-0.15, -0.1) is 0 Å². The van der Waals surface area contributed by atoms with E-state index < -0.39 is 0 Å². The van der Waals surface area contributed by atoms with Crippen molar-refractivity contribution in [3.05, 3.63) is 34.4 Å². The summed E-state index contributed by atoms with van der Waals surface area (Å²) < 4.78 is 0. The Labute approximate surface area is 119 Å². The largest absolute Gasteiger partial charge is 0.324 e. The van der Waals surface area contributed by atoms with E-state index in [9.17, 15) is 0 Å². The molecule has 0 amide bonds. The first-order valence-electron chi connectivity index (χ1n) is 8.02. The molecule has 1 heteroatoms. The molecule has 1 rings (SSSR count). The van der Waals surface area contributed by atoms with Crippen LogP contribution in [-0.2, 0) is 19.3 Å². The van der Waals surface area contributed by atoms with Crippen LogP contribution in [0.1, 0.15) is 75.8 Å². The lowest BCUT2D eigenvalue weighted by Gasteiger charge is -2.27. The number of hydrogen-bond donors (Lipinski definition) is 1. The number of benzene rings is 1. The van der Waals surface area contributed by atoms with E-state index in [1.165, 1.54) is 35.1 Å². The predicted octanol–water partition coefficient (Wildman–Crippen LogP) is 4.81. The molecule has 0 aliphatic heterocycles. The van der Waals surface area contributed by atoms with E-state index in [2.05, 4.69) is 46.8 Å². The molecule has 0 heterocycles. The van der Waals surface area contributed by atoms with Crippen LogP contribution < -0.4 is 5.73 Å². The van der Waals surface area contributed by atoms with Gasteiger partial charge in [-0.1, -0.05) is 59.6 Å². The van der Waals surface area contributed by atoms with Gasteiger partial charge in [0.15, 0.2) is 0 Å². The molecule has 0 aromatic heterocycles. The van der Waals surface area contributed by atoms with Crippen LogP contribution in [-0.4, -0.2) is 0 Å². The lowest BCUT2D eigenvalue weighted by Crippen LogP contribution is -2.23. The standard InChI is InChI=1S/C18H31N/c1-6-13-11-15(9-4)17(16(10-5)12-13)18(19)14(7-2)8-3/h11-12,14,18H,6-10,19H2,1-5H3. The van der Waals surface area contributed by atoms with E-state index in [4.69, 9.17) is 5.73 Å². The molecule has 19 heavy (non-hydrogen) atoms. The Morgan fingerprint density at radius 3 is 1.63 bits per heavy atom. The van der Waals surface area contributed by atoms with Crippen LogP contribution in [0.15, 0.2) is 12.1 Å². The zero-order valence-corrected chi connectivity index (χ0v) is 13.4. The van der Waals surface area contributed by atoms with E-state index >= 15 is 0 Å². The SMILES string of the molecule is CCc1cc(CC)c(C(N)C(CC)CC)c(CC)c1. The molecule has 1 unspecified atom stereocenters. The molecule has 2 N–H and O–H groups in total. The molecule has 0 radical (unpaired) electrons. The average Bonchev–Trinajstić information content (AvgIpc) is 2.46. The summed E-state index contributed by atoms with van der Waals surface area (Å²) in [6.07, 6.45) is 5.62. The highest BCUT2D eigenvalue weighted by Gasteiger charge is 2.21. The van der Waals surface area contributed by atoms with Gasteiger partial charge in [0, 0.05) is 6.04 Å². The van der Waals surface area contributed by atoms with Crippen molar-refractivity contribution in [3.8, 4) is 0 Å². The van der Waals surface area contributed by atoms with E-state index in [1.807, 2.05) is 0 Å². The van der Waals surface area contributed by atoms with Crippen LogP contribution in [0, 0.1) is 5.92 Å². The number of rotatable bonds is 7. The molecular formula is C18H31N. The molecular weight excluding hydrogens is 230 g/mol. The molecule has 0 aliphatic rings. The second kappa shape index (κ2) is 7.69. The molecule has 0 spiro atoms. The molecule has 0 bridgehead atoms. The van der Waals surface area contributed by atoms with Crippen molar-refractivity contribution >= 4 is 0 Å². The van der Waals surface area contributed by atoms with Crippen molar-refractivity contribution in [1.82, 2.24) is 0 Å². The second-order valence-corrected chi connectivity index (χ2v) is 5.49. The summed E-state index contributed by atoms with van der Waals surface area (Å²) in [5.41, 5.74) is 12.4. The minimum absolute atomic E-state index is 0.200. The summed E-state index contributed by atoms with van der Waals surface area (Å²) in [6, 6.07) is 4.94. The lowest BCUT2D eigenvalue weighted by atomic mass is 9.82. The highest BCUT2D eigenvalue weighted by Crippen LogP contribution is 2.32. The maximum absolute atomic E-state index is 6.60. The van der Waals surface area contributed by atoms with Crippen LogP contribution in [0.4, 0.5) is 0 Å². The summed E-state index contributed by atoms with van der Waals surface area (Å²) >= 11 is 0. The first kappa shape index (κ1) is 16.2. The number of nitrogens with two attached hydrogens (primary N) is 1. The van der Waals surface area contributed by atoms with Crippen LogP contribution in [0.25, 0.3) is 0 Å². The number of aryl methyl sites for hydroxylation is 3. The molecule has 0 fully saturated rings. The third-order valence-corrected chi connectivity index (χ3v) is 4.47. The fourth-order valence-corrected chi connectivity index (χ4v) is 3.10. The molecule has 0 aliphatic carbocycles. The van der Waals surface area contributed by atoms with Gasteiger partial charge in [-0.2, -0.15) is 0 Å². The summed E-state index contributed by atoms with van der Waals surface area (Å²) in [5.74, 6) is 0.600. The van der Waals surface area contributed by atoms with E-state index in [-0.39, 0.29) is 6.04 Å². The fraction of sp³-hybridized carbons (Fsp3) is 0.667. The molecule has 1 aromatic rings. The normalized spacial score (nSPS) is 13.0. The van der Waals surface area contributed by atoms with Gasteiger partial charge in [-0.25, -0.2) is 0 Å². The number of hydrogen-bond acceptors (Lipinski definition) is 1. The van der Waals surface area contributed by atoms with Gasteiger partial charge < -0.3 is 5.73 Å². The lowest BCUT2D eigenvalue weighted by molar-refractivity contribution is 0.402. The second-order valence-electron chi connectivity index (χ2n) is 5.49. The van der Waals surface area contributed by atoms with Gasteiger partial charge >= 0.3 is 0 Å². The van der Waals surface area contributed by atoms with Gasteiger partial charge in [0.05, 0.1) is 0 Å². The minimum Gasteiger partial charge on any atom is -0.324 e. The Balaban J connectivity index is 3.30.